The first-order valence-electron chi connectivity index (χ1n) is 8.09. The van der Waals surface area contributed by atoms with Gasteiger partial charge in [-0.05, 0) is 37.1 Å². The Morgan fingerprint density at radius 1 is 1.28 bits per heavy atom. The highest BCUT2D eigenvalue weighted by atomic mass is 32.2. The molecule has 0 aromatic carbocycles. The number of amides is 1. The lowest BCUT2D eigenvalue weighted by molar-refractivity contribution is -0.134. The molecule has 2 aromatic rings. The summed E-state index contributed by atoms with van der Waals surface area (Å²) < 4.78 is 35.4. The van der Waals surface area contributed by atoms with E-state index in [1.165, 1.54) is 6.26 Å². The van der Waals surface area contributed by atoms with Crippen LogP contribution in [0.25, 0.3) is 0 Å². The lowest BCUT2D eigenvalue weighted by Crippen LogP contribution is -2.44. The second kappa shape index (κ2) is 7.69. The molecule has 1 aliphatic heterocycles. The van der Waals surface area contributed by atoms with E-state index in [2.05, 4.69) is 4.98 Å². The minimum Gasteiger partial charge on any atom is -0.482 e. The third-order valence-electron chi connectivity index (χ3n) is 4.22. The summed E-state index contributed by atoms with van der Waals surface area (Å²) in [5.74, 6) is 0.740. The molecule has 0 saturated carbocycles. The molecule has 25 heavy (non-hydrogen) atoms. The monoisotopic (exact) mass is 364 g/mol. The van der Waals surface area contributed by atoms with Gasteiger partial charge >= 0.3 is 0 Å². The highest BCUT2D eigenvalue weighted by molar-refractivity contribution is 7.91. The summed E-state index contributed by atoms with van der Waals surface area (Å²) >= 11 is 0. The fourth-order valence-corrected chi connectivity index (χ4v) is 4.57. The van der Waals surface area contributed by atoms with Crippen LogP contribution >= 0.6 is 0 Å². The van der Waals surface area contributed by atoms with Crippen molar-refractivity contribution < 1.29 is 22.4 Å². The van der Waals surface area contributed by atoms with E-state index in [0.29, 0.717) is 37.4 Å². The van der Waals surface area contributed by atoms with E-state index >= 15 is 0 Å². The van der Waals surface area contributed by atoms with E-state index in [9.17, 15) is 13.2 Å². The molecule has 0 spiro atoms. The van der Waals surface area contributed by atoms with Crippen LogP contribution in [0.4, 0.5) is 0 Å². The molecule has 1 saturated heterocycles. The molecule has 1 fully saturated rings. The van der Waals surface area contributed by atoms with Crippen LogP contribution in [0, 0.1) is 0 Å². The fraction of sp³-hybridized carbons (Fsp3) is 0.412. The van der Waals surface area contributed by atoms with Crippen molar-refractivity contribution in [3.63, 3.8) is 0 Å². The Balaban J connectivity index is 1.48. The molecule has 1 aliphatic rings. The molecule has 134 valence electrons. The Kier molecular flexibility index (Phi) is 5.37. The molecule has 0 unspecified atom stereocenters. The van der Waals surface area contributed by atoms with E-state index in [-0.39, 0.29) is 18.3 Å². The van der Waals surface area contributed by atoms with E-state index in [1.54, 1.807) is 41.6 Å². The fourth-order valence-electron chi connectivity index (χ4n) is 2.84. The molecule has 0 bridgehead atoms. The van der Waals surface area contributed by atoms with Crippen molar-refractivity contribution >= 4 is 15.7 Å². The van der Waals surface area contributed by atoms with Gasteiger partial charge in [0.2, 0.25) is 0 Å². The number of sulfone groups is 1. The number of hydrogen-bond donors (Lipinski definition) is 0. The molecule has 0 aliphatic carbocycles. The molecule has 2 aromatic heterocycles. The number of pyridine rings is 1. The molecular formula is C17H20N2O5S. The van der Waals surface area contributed by atoms with Crippen LogP contribution in [0.5, 0.6) is 5.75 Å². The number of aromatic nitrogens is 1. The van der Waals surface area contributed by atoms with Gasteiger partial charge in [0.25, 0.3) is 5.91 Å². The number of furan rings is 1. The van der Waals surface area contributed by atoms with Gasteiger partial charge in [-0.3, -0.25) is 9.78 Å². The van der Waals surface area contributed by atoms with Crippen LogP contribution in [0.1, 0.15) is 18.6 Å². The van der Waals surface area contributed by atoms with Crippen LogP contribution in [-0.2, 0) is 20.4 Å². The number of carbonyl (C=O) groups excluding carboxylic acids is 1. The molecule has 3 rings (SSSR count). The molecular weight excluding hydrogens is 344 g/mol. The van der Waals surface area contributed by atoms with Crippen molar-refractivity contribution in [2.45, 2.75) is 23.8 Å². The van der Waals surface area contributed by atoms with Crippen LogP contribution < -0.4 is 4.74 Å². The van der Waals surface area contributed by atoms with Crippen LogP contribution in [0.2, 0.25) is 0 Å². The van der Waals surface area contributed by atoms with Gasteiger partial charge in [0.15, 0.2) is 16.4 Å². The number of carbonyl (C=O) groups is 1. The largest absolute Gasteiger partial charge is 0.482 e. The third-order valence-corrected chi connectivity index (χ3v) is 6.40. The minimum absolute atomic E-state index is 0.0739. The maximum absolute atomic E-state index is 12.4. The predicted octanol–water partition coefficient (Wildman–Crippen LogP) is 1.66. The van der Waals surface area contributed by atoms with Gasteiger partial charge in [0, 0.05) is 19.3 Å². The molecule has 7 nitrogen and oxygen atoms in total. The average molecular weight is 364 g/mol. The first-order valence-corrected chi connectivity index (χ1v) is 9.81. The van der Waals surface area contributed by atoms with Gasteiger partial charge in [-0.25, -0.2) is 8.42 Å². The summed E-state index contributed by atoms with van der Waals surface area (Å²) in [6, 6.07) is 6.79. The van der Waals surface area contributed by atoms with Crippen molar-refractivity contribution in [1.29, 1.82) is 0 Å². The predicted molar refractivity (Wildman–Crippen MR) is 90.7 cm³/mol. The van der Waals surface area contributed by atoms with Crippen LogP contribution in [0.15, 0.2) is 47.3 Å². The zero-order valence-corrected chi connectivity index (χ0v) is 14.5. The zero-order valence-electron chi connectivity index (χ0n) is 13.7. The second-order valence-corrected chi connectivity index (χ2v) is 8.23. The number of ether oxygens (including phenoxy) is 1. The summed E-state index contributed by atoms with van der Waals surface area (Å²) in [5.41, 5.74) is 0. The smallest absolute Gasteiger partial charge is 0.260 e. The Morgan fingerprint density at radius 3 is 2.72 bits per heavy atom. The van der Waals surface area contributed by atoms with Gasteiger partial charge in [-0.2, -0.15) is 0 Å². The van der Waals surface area contributed by atoms with Crippen LogP contribution in [-0.4, -0.2) is 49.2 Å². The lowest BCUT2D eigenvalue weighted by Gasteiger charge is -2.31. The normalized spacial score (nSPS) is 15.9. The minimum atomic E-state index is -3.28. The Bertz CT molecular complexity index is 782. The molecule has 8 heteroatoms. The molecule has 0 atom stereocenters. The maximum atomic E-state index is 12.4. The van der Waals surface area contributed by atoms with E-state index in [0.717, 1.165) is 0 Å². The van der Waals surface area contributed by atoms with E-state index in [4.69, 9.17) is 9.15 Å². The Morgan fingerprint density at radius 2 is 2.08 bits per heavy atom. The van der Waals surface area contributed by atoms with Gasteiger partial charge < -0.3 is 14.1 Å². The topological polar surface area (TPSA) is 89.7 Å². The second-order valence-electron chi connectivity index (χ2n) is 5.94. The third kappa shape index (κ3) is 4.60. The standard InChI is InChI=1S/C17H20N2O5S/c20-17(12-24-14-3-1-7-18-11-14)19-8-5-16(6-9-19)25(21,22)13-15-4-2-10-23-15/h1-4,7,10-11,16H,5-6,8-9,12-13H2. The summed E-state index contributed by atoms with van der Waals surface area (Å²) in [4.78, 5) is 17.8. The Labute approximate surface area is 146 Å². The highest BCUT2D eigenvalue weighted by Crippen LogP contribution is 2.22. The maximum Gasteiger partial charge on any atom is 0.260 e. The van der Waals surface area contributed by atoms with Crippen molar-refractivity contribution in [1.82, 2.24) is 9.88 Å². The number of rotatable bonds is 6. The van der Waals surface area contributed by atoms with E-state index < -0.39 is 15.1 Å². The van der Waals surface area contributed by atoms with Gasteiger partial charge in [-0.1, -0.05) is 0 Å². The van der Waals surface area contributed by atoms with Crippen molar-refractivity contribution in [3.8, 4) is 5.75 Å². The quantitative estimate of drug-likeness (QED) is 0.774. The SMILES string of the molecule is O=C(COc1cccnc1)N1CCC(S(=O)(=O)Cc2ccco2)CC1. The lowest BCUT2D eigenvalue weighted by atomic mass is 10.1. The highest BCUT2D eigenvalue weighted by Gasteiger charge is 2.32. The molecule has 0 N–H and O–H groups in total. The van der Waals surface area contributed by atoms with E-state index in [1.807, 2.05) is 0 Å². The Hall–Kier alpha value is -2.35. The number of likely N-dealkylation sites (tertiary alicyclic amines) is 1. The summed E-state index contributed by atoms with van der Waals surface area (Å²) in [6.45, 7) is 0.754. The van der Waals surface area contributed by atoms with Crippen molar-refractivity contribution in [3.05, 3.63) is 48.7 Å². The van der Waals surface area contributed by atoms with Crippen LogP contribution in [0.3, 0.4) is 0 Å². The number of piperidine rings is 1. The summed E-state index contributed by atoms with van der Waals surface area (Å²) in [7, 11) is -3.28. The molecule has 3 heterocycles. The van der Waals surface area contributed by atoms with Gasteiger partial charge in [0.05, 0.1) is 17.7 Å². The molecule has 0 radical (unpaired) electrons. The molecule has 1 amide bonds. The van der Waals surface area contributed by atoms with Crippen molar-refractivity contribution in [2.75, 3.05) is 19.7 Å². The number of nitrogens with zero attached hydrogens (tertiary/aromatic N) is 2. The average Bonchev–Trinajstić information content (AvgIpc) is 3.13. The van der Waals surface area contributed by atoms with Gasteiger partial charge in [0.1, 0.15) is 17.3 Å². The first-order chi connectivity index (χ1) is 12.0. The van der Waals surface area contributed by atoms with Crippen molar-refractivity contribution in [2.24, 2.45) is 0 Å². The summed E-state index contributed by atoms with van der Waals surface area (Å²) in [5, 5.41) is -0.444. The first kappa shape index (κ1) is 17.5. The number of hydrogen-bond acceptors (Lipinski definition) is 6. The summed E-state index contributed by atoms with van der Waals surface area (Å²) in [6.07, 6.45) is 5.50. The van der Waals surface area contributed by atoms with Gasteiger partial charge in [-0.15, -0.1) is 0 Å². The zero-order chi connectivity index (χ0) is 17.7.